The number of nitrogens with zero attached hydrogens (tertiary/aromatic N) is 1. The van der Waals surface area contributed by atoms with Gasteiger partial charge in [-0.15, -0.1) is 0 Å². The van der Waals surface area contributed by atoms with Gasteiger partial charge in [-0.3, -0.25) is 14.8 Å². The zero-order valence-electron chi connectivity index (χ0n) is 15.2. The molecular weight excluding hydrogens is 344 g/mol. The van der Waals surface area contributed by atoms with Crippen LogP contribution in [0, 0.1) is 5.41 Å². The van der Waals surface area contributed by atoms with Gasteiger partial charge in [-0.25, -0.2) is 5.48 Å². The van der Waals surface area contributed by atoms with Gasteiger partial charge in [0.25, 0.3) is 5.91 Å². The van der Waals surface area contributed by atoms with Crippen LogP contribution in [0.3, 0.4) is 0 Å². The van der Waals surface area contributed by atoms with Crippen LogP contribution >= 0.6 is 0 Å². The molecule has 6 nitrogen and oxygen atoms in total. The number of ether oxygens (including phenoxy) is 1. The van der Waals surface area contributed by atoms with Crippen molar-refractivity contribution in [3.05, 3.63) is 59.2 Å². The topological polar surface area (TPSA) is 78.9 Å². The van der Waals surface area contributed by atoms with Crippen molar-refractivity contribution >= 4 is 17.5 Å². The van der Waals surface area contributed by atoms with Crippen molar-refractivity contribution in [3.63, 3.8) is 0 Å². The molecule has 0 radical (unpaired) electrons. The zero-order valence-corrected chi connectivity index (χ0v) is 15.2. The second-order valence-corrected chi connectivity index (χ2v) is 7.26. The molecule has 1 aliphatic heterocycles. The first-order valence-corrected chi connectivity index (χ1v) is 9.09. The van der Waals surface area contributed by atoms with Crippen molar-refractivity contribution in [1.29, 1.82) is 0 Å². The van der Waals surface area contributed by atoms with Crippen LogP contribution < -0.4 is 15.1 Å². The molecule has 1 atom stereocenters. The molecule has 2 aromatic rings. The summed E-state index contributed by atoms with van der Waals surface area (Å²) in [5.74, 6) is 0.279. The third-order valence-electron chi connectivity index (χ3n) is 5.86. The largest absolute Gasteiger partial charge is 0.495 e. The SMILES string of the molecule is COc1ccccc1N1CC[C@@]2(CCc3ccc(C(=O)NO)cc3C2)C1=O. The summed E-state index contributed by atoms with van der Waals surface area (Å²) in [5.41, 5.74) is 4.62. The molecule has 0 saturated carbocycles. The number of carbonyl (C=O) groups excluding carboxylic acids is 2. The maximum atomic E-state index is 13.4. The van der Waals surface area contributed by atoms with Crippen LogP contribution in [0.25, 0.3) is 0 Å². The molecule has 1 spiro atoms. The fourth-order valence-corrected chi connectivity index (χ4v) is 4.37. The summed E-state index contributed by atoms with van der Waals surface area (Å²) in [6.45, 7) is 0.658. The molecule has 2 N–H and O–H groups in total. The Kier molecular flexibility index (Phi) is 4.36. The summed E-state index contributed by atoms with van der Waals surface area (Å²) in [6, 6.07) is 13.0. The average molecular weight is 366 g/mol. The molecule has 27 heavy (non-hydrogen) atoms. The predicted molar refractivity (Wildman–Crippen MR) is 100 cm³/mol. The third-order valence-corrected chi connectivity index (χ3v) is 5.86. The molecule has 1 fully saturated rings. The monoisotopic (exact) mass is 366 g/mol. The third kappa shape index (κ3) is 2.86. The summed E-state index contributed by atoms with van der Waals surface area (Å²) in [4.78, 5) is 26.9. The Morgan fingerprint density at radius 3 is 2.78 bits per heavy atom. The zero-order chi connectivity index (χ0) is 19.0. The Morgan fingerprint density at radius 1 is 1.19 bits per heavy atom. The van der Waals surface area contributed by atoms with E-state index in [1.165, 1.54) is 5.56 Å². The highest BCUT2D eigenvalue weighted by Crippen LogP contribution is 2.46. The van der Waals surface area contributed by atoms with E-state index in [1.807, 2.05) is 35.2 Å². The van der Waals surface area contributed by atoms with Crippen molar-refractivity contribution < 1.29 is 19.5 Å². The Balaban J connectivity index is 1.64. The lowest BCUT2D eigenvalue weighted by atomic mass is 9.70. The van der Waals surface area contributed by atoms with Crippen LogP contribution in [-0.2, 0) is 17.6 Å². The van der Waals surface area contributed by atoms with E-state index in [0.29, 0.717) is 24.3 Å². The number of aryl methyl sites for hydroxylation is 1. The fourth-order valence-electron chi connectivity index (χ4n) is 4.37. The number of anilines is 1. The van der Waals surface area contributed by atoms with Crippen LogP contribution in [0.4, 0.5) is 5.69 Å². The Hall–Kier alpha value is -2.86. The van der Waals surface area contributed by atoms with Crippen LogP contribution in [0.15, 0.2) is 42.5 Å². The molecule has 4 rings (SSSR count). The number of hydrogen-bond donors (Lipinski definition) is 2. The van der Waals surface area contributed by atoms with Crippen LogP contribution in [0.1, 0.15) is 34.3 Å². The Bertz CT molecular complexity index is 911. The van der Waals surface area contributed by atoms with E-state index in [-0.39, 0.29) is 5.91 Å². The van der Waals surface area contributed by atoms with Gasteiger partial charge in [0.05, 0.1) is 18.2 Å². The van der Waals surface area contributed by atoms with Gasteiger partial charge in [0.1, 0.15) is 5.75 Å². The summed E-state index contributed by atoms with van der Waals surface area (Å²) >= 11 is 0. The fraction of sp³-hybridized carbons (Fsp3) is 0.333. The number of benzene rings is 2. The lowest BCUT2D eigenvalue weighted by Crippen LogP contribution is -2.39. The smallest absolute Gasteiger partial charge is 0.274 e. The number of methoxy groups -OCH3 is 1. The molecule has 140 valence electrons. The molecular formula is C21H22N2O4. The van der Waals surface area contributed by atoms with Crippen LogP contribution in [-0.4, -0.2) is 30.7 Å². The minimum absolute atomic E-state index is 0.120. The van der Waals surface area contributed by atoms with Crippen molar-refractivity contribution in [2.45, 2.75) is 25.7 Å². The number of rotatable bonds is 3. The van der Waals surface area contributed by atoms with E-state index in [4.69, 9.17) is 9.94 Å². The lowest BCUT2D eigenvalue weighted by Gasteiger charge is -2.33. The van der Waals surface area contributed by atoms with E-state index >= 15 is 0 Å². The molecule has 0 aromatic heterocycles. The van der Waals surface area contributed by atoms with Gasteiger partial charge >= 0.3 is 0 Å². The number of fused-ring (bicyclic) bond motifs is 1. The van der Waals surface area contributed by atoms with E-state index in [1.54, 1.807) is 24.7 Å². The van der Waals surface area contributed by atoms with Gasteiger partial charge in [-0.1, -0.05) is 18.2 Å². The molecule has 2 amide bonds. The quantitative estimate of drug-likeness (QED) is 0.647. The molecule has 2 aliphatic rings. The Labute approximate surface area is 157 Å². The van der Waals surface area contributed by atoms with Gasteiger partial charge in [0, 0.05) is 12.1 Å². The lowest BCUT2D eigenvalue weighted by molar-refractivity contribution is -0.126. The standard InChI is InChI=1S/C21H22N2O4/c1-27-18-5-3-2-4-17(18)23-11-10-21(20(23)25)9-8-14-6-7-15(19(24)22-26)12-16(14)13-21/h2-7,12,26H,8-11,13H2,1H3,(H,22,24)/t21-/m1/s1. The Morgan fingerprint density at radius 2 is 2.00 bits per heavy atom. The molecule has 1 aliphatic carbocycles. The maximum Gasteiger partial charge on any atom is 0.274 e. The van der Waals surface area contributed by atoms with Crippen molar-refractivity contribution in [3.8, 4) is 5.75 Å². The summed E-state index contributed by atoms with van der Waals surface area (Å²) < 4.78 is 5.43. The number of para-hydroxylation sites is 2. The summed E-state index contributed by atoms with van der Waals surface area (Å²) in [6.07, 6.45) is 3.00. The summed E-state index contributed by atoms with van der Waals surface area (Å²) in [7, 11) is 1.61. The van der Waals surface area contributed by atoms with Crippen LogP contribution in [0.2, 0.25) is 0 Å². The maximum absolute atomic E-state index is 13.4. The number of carbonyl (C=O) groups is 2. The highest BCUT2D eigenvalue weighted by atomic mass is 16.5. The summed E-state index contributed by atoms with van der Waals surface area (Å²) in [5, 5.41) is 8.88. The van der Waals surface area contributed by atoms with Gasteiger partial charge in [-0.2, -0.15) is 0 Å². The number of hydrogen-bond acceptors (Lipinski definition) is 4. The minimum atomic E-state index is -0.536. The van der Waals surface area contributed by atoms with E-state index < -0.39 is 11.3 Å². The molecule has 0 bridgehead atoms. The first-order valence-electron chi connectivity index (χ1n) is 9.09. The second-order valence-electron chi connectivity index (χ2n) is 7.26. The normalized spacial score (nSPS) is 21.3. The van der Waals surface area contributed by atoms with Crippen molar-refractivity contribution in [2.24, 2.45) is 5.41 Å². The van der Waals surface area contributed by atoms with Crippen LogP contribution in [0.5, 0.6) is 5.75 Å². The highest BCUT2D eigenvalue weighted by Gasteiger charge is 2.49. The number of hydroxylamine groups is 1. The first-order chi connectivity index (χ1) is 13.1. The molecule has 1 heterocycles. The van der Waals surface area contributed by atoms with Gasteiger partial charge in [-0.05, 0) is 61.1 Å². The second kappa shape index (κ2) is 6.70. The van der Waals surface area contributed by atoms with Crippen molar-refractivity contribution in [1.82, 2.24) is 5.48 Å². The average Bonchev–Trinajstić information content (AvgIpc) is 3.02. The van der Waals surface area contributed by atoms with E-state index in [9.17, 15) is 9.59 Å². The molecule has 2 aromatic carbocycles. The first kappa shape index (κ1) is 17.5. The number of amides is 2. The predicted octanol–water partition coefficient (Wildman–Crippen LogP) is 2.73. The molecule has 0 unspecified atom stereocenters. The van der Waals surface area contributed by atoms with Gasteiger partial charge in [0.2, 0.25) is 5.91 Å². The molecule has 1 saturated heterocycles. The highest BCUT2D eigenvalue weighted by molar-refractivity contribution is 6.01. The minimum Gasteiger partial charge on any atom is -0.495 e. The van der Waals surface area contributed by atoms with E-state index in [2.05, 4.69) is 0 Å². The van der Waals surface area contributed by atoms with Gasteiger partial charge in [0.15, 0.2) is 0 Å². The van der Waals surface area contributed by atoms with Crippen molar-refractivity contribution in [2.75, 3.05) is 18.6 Å². The number of nitrogens with one attached hydrogen (secondary N) is 1. The van der Waals surface area contributed by atoms with Gasteiger partial charge < -0.3 is 9.64 Å². The molecule has 6 heteroatoms. The van der Waals surface area contributed by atoms with E-state index in [0.717, 1.165) is 30.5 Å².